The van der Waals surface area contributed by atoms with E-state index >= 15 is 0 Å². The lowest BCUT2D eigenvalue weighted by Gasteiger charge is -2.03. The first-order valence-electron chi connectivity index (χ1n) is 5.66. The van der Waals surface area contributed by atoms with Gasteiger partial charge in [0.25, 0.3) is 0 Å². The van der Waals surface area contributed by atoms with Gasteiger partial charge in [-0.15, -0.1) is 0 Å². The zero-order valence-electron chi connectivity index (χ0n) is 10.1. The van der Waals surface area contributed by atoms with E-state index in [0.717, 1.165) is 5.56 Å². The number of hydrogen-bond acceptors (Lipinski definition) is 4. The van der Waals surface area contributed by atoms with Crippen LogP contribution in [0.2, 0.25) is 0 Å². The Labute approximate surface area is 110 Å². The van der Waals surface area contributed by atoms with Gasteiger partial charge >= 0.3 is 5.97 Å². The summed E-state index contributed by atoms with van der Waals surface area (Å²) >= 11 is 0. The summed E-state index contributed by atoms with van der Waals surface area (Å²) in [4.78, 5) is 18.4. The highest BCUT2D eigenvalue weighted by molar-refractivity contribution is 5.87. The maximum Gasteiger partial charge on any atom is 0.360 e. The van der Waals surface area contributed by atoms with E-state index in [-0.39, 0.29) is 18.2 Å². The second kappa shape index (κ2) is 6.30. The summed E-state index contributed by atoms with van der Waals surface area (Å²) in [7, 11) is 0. The number of rotatable bonds is 5. The molecule has 0 amide bonds. The molecule has 1 aromatic carbocycles. The number of aromatic nitrogens is 2. The molecule has 0 aliphatic rings. The van der Waals surface area contributed by atoms with Crippen molar-refractivity contribution in [3.8, 4) is 5.88 Å². The Morgan fingerprint density at radius 1 is 1.21 bits per heavy atom. The molecule has 1 aromatic heterocycles. The number of nitrogens with zero attached hydrogens (tertiary/aromatic N) is 2. The Morgan fingerprint density at radius 3 is 2.68 bits per heavy atom. The van der Waals surface area contributed by atoms with Crippen LogP contribution in [0.5, 0.6) is 5.88 Å². The van der Waals surface area contributed by atoms with Crippen molar-refractivity contribution >= 4 is 12.0 Å². The first-order valence-corrected chi connectivity index (χ1v) is 5.66. The van der Waals surface area contributed by atoms with Crippen LogP contribution in [0.25, 0.3) is 6.08 Å². The van der Waals surface area contributed by atoms with Crippen molar-refractivity contribution in [3.63, 3.8) is 0 Å². The molecule has 19 heavy (non-hydrogen) atoms. The summed E-state index contributed by atoms with van der Waals surface area (Å²) < 4.78 is 5.28. The van der Waals surface area contributed by atoms with Gasteiger partial charge in [-0.2, -0.15) is 0 Å². The molecule has 0 unspecified atom stereocenters. The topological polar surface area (TPSA) is 72.3 Å². The zero-order valence-corrected chi connectivity index (χ0v) is 10.1. The molecule has 0 bridgehead atoms. The van der Waals surface area contributed by atoms with E-state index in [9.17, 15) is 4.79 Å². The molecule has 1 N–H and O–H groups in total. The number of carboxylic acid groups (broad SMARTS) is 1. The highest BCUT2D eigenvalue weighted by Crippen LogP contribution is 2.11. The molecule has 96 valence electrons. The number of ether oxygens (including phenoxy) is 1. The molecule has 0 saturated heterocycles. The molecule has 0 radical (unpaired) electrons. The minimum absolute atomic E-state index is 0.0210. The van der Waals surface area contributed by atoms with E-state index in [4.69, 9.17) is 9.84 Å². The Kier molecular flexibility index (Phi) is 4.23. The number of carbonyl (C=O) groups is 1. The number of aromatic carboxylic acids is 1. The summed E-state index contributed by atoms with van der Waals surface area (Å²) in [6, 6.07) is 9.73. The molecular weight excluding hydrogens is 244 g/mol. The van der Waals surface area contributed by atoms with Crippen LogP contribution in [-0.4, -0.2) is 27.7 Å². The van der Waals surface area contributed by atoms with E-state index < -0.39 is 5.97 Å². The van der Waals surface area contributed by atoms with Gasteiger partial charge in [0.05, 0.1) is 0 Å². The summed E-state index contributed by atoms with van der Waals surface area (Å²) in [6.45, 7) is 0.230. The Balaban J connectivity index is 1.96. The molecule has 2 aromatic rings. The van der Waals surface area contributed by atoms with Crippen LogP contribution in [0.1, 0.15) is 16.1 Å². The largest absolute Gasteiger partial charge is 0.476 e. The minimum atomic E-state index is -1.16. The van der Waals surface area contributed by atoms with Gasteiger partial charge in [-0.05, 0) is 11.6 Å². The highest BCUT2D eigenvalue weighted by atomic mass is 16.5. The van der Waals surface area contributed by atoms with Gasteiger partial charge in [0.2, 0.25) is 11.6 Å². The fourth-order valence-corrected chi connectivity index (χ4v) is 1.45. The van der Waals surface area contributed by atoms with E-state index in [1.54, 1.807) is 6.08 Å². The number of benzene rings is 1. The van der Waals surface area contributed by atoms with Crippen molar-refractivity contribution in [2.24, 2.45) is 0 Å². The van der Waals surface area contributed by atoms with Crippen molar-refractivity contribution in [1.29, 1.82) is 0 Å². The fourth-order valence-electron chi connectivity index (χ4n) is 1.45. The van der Waals surface area contributed by atoms with Gasteiger partial charge in [0.1, 0.15) is 6.61 Å². The molecule has 0 saturated carbocycles. The first-order chi connectivity index (χ1) is 9.27. The van der Waals surface area contributed by atoms with Gasteiger partial charge in [-0.25, -0.2) is 14.8 Å². The molecule has 0 aliphatic heterocycles. The van der Waals surface area contributed by atoms with Crippen LogP contribution in [-0.2, 0) is 0 Å². The molecule has 2 rings (SSSR count). The van der Waals surface area contributed by atoms with Crippen LogP contribution in [0.15, 0.2) is 48.8 Å². The maximum absolute atomic E-state index is 10.9. The highest BCUT2D eigenvalue weighted by Gasteiger charge is 2.12. The van der Waals surface area contributed by atoms with Crippen molar-refractivity contribution < 1.29 is 14.6 Å². The lowest BCUT2D eigenvalue weighted by molar-refractivity contribution is 0.0685. The third-order valence-electron chi connectivity index (χ3n) is 2.29. The van der Waals surface area contributed by atoms with Crippen LogP contribution >= 0.6 is 0 Å². The quantitative estimate of drug-likeness (QED) is 0.888. The third kappa shape index (κ3) is 3.64. The van der Waals surface area contributed by atoms with Crippen molar-refractivity contribution in [1.82, 2.24) is 9.97 Å². The van der Waals surface area contributed by atoms with Crippen LogP contribution in [0, 0.1) is 0 Å². The van der Waals surface area contributed by atoms with E-state index in [1.807, 2.05) is 36.4 Å². The standard InChI is InChI=1S/C14H12N2O3/c17-14(18)12-13(16-9-8-15-12)19-10-4-7-11-5-2-1-3-6-11/h1-9H,10H2,(H,17,18)/b7-4+. The normalized spacial score (nSPS) is 10.5. The SMILES string of the molecule is O=C(O)c1nccnc1OC/C=C/c1ccccc1. The molecular formula is C14H12N2O3. The predicted octanol–water partition coefficient (Wildman–Crippen LogP) is 2.27. The zero-order chi connectivity index (χ0) is 13.5. The van der Waals surface area contributed by atoms with Crippen molar-refractivity contribution in [3.05, 3.63) is 60.1 Å². The van der Waals surface area contributed by atoms with Gasteiger partial charge in [0.15, 0.2) is 0 Å². The summed E-state index contributed by atoms with van der Waals surface area (Å²) in [5.74, 6) is -1.14. The van der Waals surface area contributed by atoms with E-state index in [2.05, 4.69) is 9.97 Å². The second-order valence-electron chi connectivity index (χ2n) is 3.64. The Morgan fingerprint density at radius 2 is 1.95 bits per heavy atom. The molecule has 5 nitrogen and oxygen atoms in total. The van der Waals surface area contributed by atoms with Gasteiger partial charge in [0, 0.05) is 12.4 Å². The van der Waals surface area contributed by atoms with Gasteiger partial charge in [-0.3, -0.25) is 0 Å². The predicted molar refractivity (Wildman–Crippen MR) is 70.0 cm³/mol. The smallest absolute Gasteiger partial charge is 0.360 e. The lowest BCUT2D eigenvalue weighted by Crippen LogP contribution is -2.07. The summed E-state index contributed by atoms with van der Waals surface area (Å²) in [6.07, 6.45) is 6.38. The molecule has 0 spiro atoms. The molecule has 0 fully saturated rings. The molecule has 1 heterocycles. The minimum Gasteiger partial charge on any atom is -0.476 e. The summed E-state index contributed by atoms with van der Waals surface area (Å²) in [5.41, 5.74) is 0.860. The second-order valence-corrected chi connectivity index (χ2v) is 3.64. The number of carboxylic acids is 1. The van der Waals surface area contributed by atoms with Crippen LogP contribution in [0.4, 0.5) is 0 Å². The Hall–Kier alpha value is -2.69. The third-order valence-corrected chi connectivity index (χ3v) is 2.29. The van der Waals surface area contributed by atoms with Crippen molar-refractivity contribution in [2.75, 3.05) is 6.61 Å². The van der Waals surface area contributed by atoms with Crippen LogP contribution < -0.4 is 4.74 Å². The Bertz CT molecular complexity index is 582. The number of hydrogen-bond donors (Lipinski definition) is 1. The van der Waals surface area contributed by atoms with Gasteiger partial charge in [-0.1, -0.05) is 36.4 Å². The summed E-state index contributed by atoms with van der Waals surface area (Å²) in [5, 5.41) is 8.90. The average molecular weight is 256 g/mol. The van der Waals surface area contributed by atoms with E-state index in [0.29, 0.717) is 0 Å². The average Bonchev–Trinajstić information content (AvgIpc) is 2.45. The molecule has 0 aliphatic carbocycles. The first kappa shape index (κ1) is 12.8. The fraction of sp³-hybridized carbons (Fsp3) is 0.0714. The molecule has 5 heteroatoms. The van der Waals surface area contributed by atoms with Crippen LogP contribution in [0.3, 0.4) is 0 Å². The maximum atomic E-state index is 10.9. The molecule has 0 atom stereocenters. The van der Waals surface area contributed by atoms with E-state index in [1.165, 1.54) is 12.4 Å². The van der Waals surface area contributed by atoms with Gasteiger partial charge < -0.3 is 9.84 Å². The van der Waals surface area contributed by atoms with Crippen molar-refractivity contribution in [2.45, 2.75) is 0 Å². The monoisotopic (exact) mass is 256 g/mol. The lowest BCUT2D eigenvalue weighted by atomic mass is 10.2.